The lowest BCUT2D eigenvalue weighted by atomic mass is 9.87. The molecule has 2 aliphatic heterocycles. The van der Waals surface area contributed by atoms with Crippen molar-refractivity contribution in [2.75, 3.05) is 42.7 Å². The van der Waals surface area contributed by atoms with E-state index in [1.165, 1.54) is 23.3 Å². The van der Waals surface area contributed by atoms with Gasteiger partial charge < -0.3 is 15.1 Å². The third kappa shape index (κ3) is 11.4. The Morgan fingerprint density at radius 1 is 0.867 bits per heavy atom. The van der Waals surface area contributed by atoms with Gasteiger partial charge in [-0.15, -0.1) is 11.8 Å². The number of alkyl halides is 3. The van der Waals surface area contributed by atoms with E-state index in [2.05, 4.69) is 56.2 Å². The van der Waals surface area contributed by atoms with Gasteiger partial charge in [-0.05, 0) is 141 Å². The Hall–Kier alpha value is -4.14. The Morgan fingerprint density at radius 3 is 2.25 bits per heavy atom. The van der Waals surface area contributed by atoms with E-state index in [0.29, 0.717) is 23.1 Å². The summed E-state index contributed by atoms with van der Waals surface area (Å²) in [4.78, 5) is 18.2. The summed E-state index contributed by atoms with van der Waals surface area (Å²) < 4.78 is 70.9. The lowest BCUT2D eigenvalue weighted by Gasteiger charge is -2.34. The molecule has 7 rings (SSSR count). The third-order valence-electron chi connectivity index (χ3n) is 11.3. The summed E-state index contributed by atoms with van der Waals surface area (Å²) in [6, 6.07) is 37.0. The lowest BCUT2D eigenvalue weighted by Crippen LogP contribution is -2.34. The number of likely N-dealkylation sites (tertiary alicyclic amines) is 1. The van der Waals surface area contributed by atoms with E-state index in [9.17, 15) is 26.4 Å². The summed E-state index contributed by atoms with van der Waals surface area (Å²) in [6.45, 7) is 2.67. The van der Waals surface area contributed by atoms with Gasteiger partial charge in [0, 0.05) is 52.1 Å². The maximum atomic E-state index is 14.0. The largest absolute Gasteiger partial charge is 0.475 e. The molecule has 2 heterocycles. The molecule has 0 spiro atoms. The monoisotopic (exact) mass is 892 g/mol. The van der Waals surface area contributed by atoms with Crippen molar-refractivity contribution in [1.29, 1.82) is 0 Å². The van der Waals surface area contributed by atoms with Gasteiger partial charge in [-0.3, -0.25) is 9.52 Å². The number of amides is 1. The molecule has 4 atom stereocenters. The van der Waals surface area contributed by atoms with Gasteiger partial charge >= 0.3 is 5.51 Å². The Balaban J connectivity index is 0.982. The number of halogens is 4. The van der Waals surface area contributed by atoms with Crippen LogP contribution in [0.3, 0.4) is 0 Å². The van der Waals surface area contributed by atoms with Crippen LogP contribution in [0.5, 0.6) is 0 Å². The van der Waals surface area contributed by atoms with E-state index in [-0.39, 0.29) is 28.2 Å². The second-order valence-corrected chi connectivity index (χ2v) is 19.6. The van der Waals surface area contributed by atoms with Crippen LogP contribution in [0.1, 0.15) is 48.0 Å². The van der Waals surface area contributed by atoms with Crippen molar-refractivity contribution in [3.63, 3.8) is 0 Å². The molecule has 2 aliphatic rings. The van der Waals surface area contributed by atoms with E-state index in [1.54, 1.807) is 23.9 Å². The molecule has 5 aromatic carbocycles. The van der Waals surface area contributed by atoms with Gasteiger partial charge in [0.1, 0.15) is 0 Å². The maximum absolute atomic E-state index is 14.0. The molecule has 5 aromatic rings. The number of nitrogens with one attached hydrogen (secondary N) is 2. The minimum Gasteiger partial charge on any atom is -0.380 e. The molecule has 2 N–H and O–H groups in total. The Bertz CT molecular complexity index is 2280. The summed E-state index contributed by atoms with van der Waals surface area (Å²) >= 11 is 7.72. The van der Waals surface area contributed by atoms with Crippen LogP contribution in [-0.2, 0) is 28.2 Å². The zero-order chi connectivity index (χ0) is 42.2. The first-order chi connectivity index (χ1) is 28.9. The van der Waals surface area contributed by atoms with Crippen LogP contribution in [0, 0.1) is 5.92 Å². The number of carbonyl (C=O) groups excluding carboxylic acids is 1. The predicted molar refractivity (Wildman–Crippen MR) is 240 cm³/mol. The molecule has 60 heavy (non-hydrogen) atoms. The van der Waals surface area contributed by atoms with Crippen LogP contribution in [-0.4, -0.2) is 69.3 Å². The van der Waals surface area contributed by atoms with Gasteiger partial charge in [-0.2, -0.15) is 13.2 Å². The summed E-state index contributed by atoms with van der Waals surface area (Å²) in [7, 11) is -3.60. The number of hydrogen-bond donors (Lipinski definition) is 2. The molecule has 2 fully saturated rings. The van der Waals surface area contributed by atoms with E-state index in [0.717, 1.165) is 74.0 Å². The number of anilines is 2. The fourth-order valence-electron chi connectivity index (χ4n) is 8.06. The molecular formula is C46H48ClF3N4O3S3. The molecular weight excluding hydrogens is 845 g/mol. The molecule has 0 aliphatic carbocycles. The smallest absolute Gasteiger partial charge is 0.380 e. The van der Waals surface area contributed by atoms with Gasteiger partial charge in [0.05, 0.1) is 15.5 Å². The van der Waals surface area contributed by atoms with E-state index in [4.69, 9.17) is 11.6 Å². The number of rotatable bonds is 15. The average molecular weight is 894 g/mol. The summed E-state index contributed by atoms with van der Waals surface area (Å²) in [5.41, 5.74) is -0.0932. The third-order valence-corrected chi connectivity index (χ3v) is 15.0. The van der Waals surface area contributed by atoms with Gasteiger partial charge in [-0.1, -0.05) is 66.2 Å². The number of benzene rings is 5. The quantitative estimate of drug-likeness (QED) is 0.101. The first-order valence-corrected chi connectivity index (χ1v) is 23.8. The minimum atomic E-state index is -5.06. The highest BCUT2D eigenvalue weighted by Crippen LogP contribution is 2.35. The standard InChI is InChI=1S/C46H48ClF3N4O3S3/c1-53-25-7-9-39(53)29-37(31-58-40-10-3-2-4-11-40)51-43-22-21-41(30-44(43)59(56)46(48,49)50)60(57)52-45(55)34-15-19-38(20-16-34)54-26-23-32(24-27-54)28-35-8-5-6-12-42(35)33-13-17-36(47)18-14-33/h2-6,8,10-22,30,32,37,39,51H,7,9,23-29,31H2,1H3,(H,52,55)/t37-,39?,59?,60?/m1/s1. The Labute approximate surface area is 364 Å². The number of hydrogen-bond acceptors (Lipinski definition) is 7. The van der Waals surface area contributed by atoms with Crippen LogP contribution >= 0.6 is 23.4 Å². The number of thioether (sulfide) groups is 1. The molecule has 2 saturated heterocycles. The summed E-state index contributed by atoms with van der Waals surface area (Å²) in [5, 5.41) is 3.98. The minimum absolute atomic E-state index is 0.0550. The van der Waals surface area contributed by atoms with Crippen molar-refractivity contribution in [2.24, 2.45) is 5.92 Å². The van der Waals surface area contributed by atoms with Gasteiger partial charge in [0.15, 0.2) is 21.8 Å². The molecule has 3 unspecified atom stereocenters. The van der Waals surface area contributed by atoms with Gasteiger partial charge in [0.2, 0.25) is 0 Å². The van der Waals surface area contributed by atoms with Crippen LogP contribution in [0.15, 0.2) is 136 Å². The molecule has 0 bridgehead atoms. The van der Waals surface area contributed by atoms with Crippen LogP contribution in [0.4, 0.5) is 24.5 Å². The highest BCUT2D eigenvalue weighted by atomic mass is 35.5. The van der Waals surface area contributed by atoms with Gasteiger partial charge in [0.25, 0.3) is 5.91 Å². The Kier molecular flexibility index (Phi) is 14.8. The second-order valence-electron chi connectivity index (χ2n) is 15.4. The molecule has 0 saturated carbocycles. The summed E-state index contributed by atoms with van der Waals surface area (Å²) in [6.07, 6.45) is 5.70. The SMILES string of the molecule is CN1CCCC1C[C@H](CSc1ccccc1)Nc1ccc(S(=O)NC(=O)c2ccc(N3CCC(Cc4ccccc4-c4ccc(Cl)cc4)CC3)cc2)cc1S(=O)C(F)(F)F. The predicted octanol–water partition coefficient (Wildman–Crippen LogP) is 10.6. The first kappa shape index (κ1) is 43.9. The number of nitrogens with zero attached hydrogens (tertiary/aromatic N) is 2. The molecule has 316 valence electrons. The highest BCUT2D eigenvalue weighted by molar-refractivity contribution is 7.99. The fourth-order valence-corrected chi connectivity index (χ4v) is 10.9. The zero-order valence-corrected chi connectivity index (χ0v) is 36.4. The zero-order valence-electron chi connectivity index (χ0n) is 33.2. The highest BCUT2D eigenvalue weighted by Gasteiger charge is 2.40. The molecule has 7 nitrogen and oxygen atoms in total. The van der Waals surface area contributed by atoms with Gasteiger partial charge in [-0.25, -0.2) is 8.42 Å². The molecule has 0 radical (unpaired) electrons. The summed E-state index contributed by atoms with van der Waals surface area (Å²) in [5.74, 6) is 0.443. The topological polar surface area (TPSA) is 81.8 Å². The van der Waals surface area contributed by atoms with E-state index < -0.39 is 38.1 Å². The van der Waals surface area contributed by atoms with Crippen LogP contribution in [0.25, 0.3) is 11.1 Å². The van der Waals surface area contributed by atoms with Crippen LogP contribution in [0.2, 0.25) is 5.02 Å². The number of carbonyl (C=O) groups is 1. The van der Waals surface area contributed by atoms with Crippen molar-refractivity contribution in [2.45, 2.75) is 70.8 Å². The molecule has 14 heteroatoms. The van der Waals surface area contributed by atoms with Crippen molar-refractivity contribution in [3.05, 3.63) is 137 Å². The van der Waals surface area contributed by atoms with Crippen molar-refractivity contribution < 1.29 is 26.4 Å². The van der Waals surface area contributed by atoms with E-state index >= 15 is 0 Å². The molecule has 1 amide bonds. The van der Waals surface area contributed by atoms with E-state index in [1.807, 2.05) is 61.6 Å². The first-order valence-electron chi connectivity index (χ1n) is 20.1. The average Bonchev–Trinajstić information content (AvgIpc) is 3.66. The van der Waals surface area contributed by atoms with Crippen molar-refractivity contribution >= 4 is 62.4 Å². The van der Waals surface area contributed by atoms with Crippen molar-refractivity contribution in [3.8, 4) is 11.1 Å². The maximum Gasteiger partial charge on any atom is 0.475 e. The Morgan fingerprint density at radius 2 is 1.57 bits per heavy atom. The van der Waals surface area contributed by atoms with Crippen LogP contribution < -0.4 is 14.9 Å². The second kappa shape index (κ2) is 20.2. The number of piperidine rings is 1. The fraction of sp³-hybridized carbons (Fsp3) is 0.326. The normalized spacial score (nSPS) is 17.9. The lowest BCUT2D eigenvalue weighted by molar-refractivity contribution is -0.0384. The molecule has 0 aromatic heterocycles. The van der Waals surface area contributed by atoms with Crippen molar-refractivity contribution in [1.82, 2.24) is 9.62 Å².